The summed E-state index contributed by atoms with van der Waals surface area (Å²) >= 11 is 1.63. The van der Waals surface area contributed by atoms with E-state index in [0.29, 0.717) is 18.8 Å². The van der Waals surface area contributed by atoms with Crippen molar-refractivity contribution in [2.75, 3.05) is 27.2 Å². The second kappa shape index (κ2) is 9.94. The molecule has 0 aliphatic carbocycles. The molecule has 4 aromatic rings. The first-order valence-electron chi connectivity index (χ1n) is 10.7. The van der Waals surface area contributed by atoms with Crippen LogP contribution in [0.25, 0.3) is 16.3 Å². The van der Waals surface area contributed by atoms with Crippen LogP contribution in [0.5, 0.6) is 0 Å². The number of hydrogen-bond acceptors (Lipinski definition) is 4. The Morgan fingerprint density at radius 3 is 2.47 bits per heavy atom. The zero-order valence-electron chi connectivity index (χ0n) is 18.7. The molecule has 0 unspecified atom stereocenters. The first kappa shape index (κ1) is 22.0. The number of aromatic nitrogens is 2. The van der Waals surface area contributed by atoms with Gasteiger partial charge in [0.1, 0.15) is 11.4 Å². The molecule has 0 fully saturated rings. The van der Waals surface area contributed by atoms with E-state index in [9.17, 15) is 4.79 Å². The minimum Gasteiger partial charge on any atom is -0.332 e. The quantitative estimate of drug-likeness (QED) is 0.379. The Kier molecular flexibility index (Phi) is 6.83. The minimum absolute atomic E-state index is 0.0208. The van der Waals surface area contributed by atoms with Crippen molar-refractivity contribution in [3.63, 3.8) is 0 Å². The molecule has 1 amide bonds. The number of carbonyl (C=O) groups is 1. The molecule has 0 saturated carbocycles. The normalized spacial score (nSPS) is 11.1. The number of aryl methyl sites for hydroxylation is 1. The van der Waals surface area contributed by atoms with Crippen LogP contribution >= 0.6 is 11.3 Å². The van der Waals surface area contributed by atoms with Gasteiger partial charge in [0.05, 0.1) is 10.6 Å². The summed E-state index contributed by atoms with van der Waals surface area (Å²) < 4.78 is 1.79. The Bertz CT molecular complexity index is 1170. The topological polar surface area (TPSA) is 41.4 Å². The number of benzene rings is 2. The minimum atomic E-state index is -0.0208. The van der Waals surface area contributed by atoms with E-state index in [1.54, 1.807) is 16.0 Å². The number of thiophene rings is 1. The van der Waals surface area contributed by atoms with Crippen molar-refractivity contribution in [1.82, 2.24) is 19.6 Å². The lowest BCUT2D eigenvalue weighted by atomic mass is 10.2. The molecule has 0 saturated heterocycles. The van der Waals surface area contributed by atoms with Gasteiger partial charge in [-0.2, -0.15) is 5.10 Å². The van der Waals surface area contributed by atoms with Gasteiger partial charge in [0.15, 0.2) is 0 Å². The van der Waals surface area contributed by atoms with Gasteiger partial charge in [-0.25, -0.2) is 4.68 Å². The summed E-state index contributed by atoms with van der Waals surface area (Å²) in [6.07, 6.45) is 0. The van der Waals surface area contributed by atoms with Crippen LogP contribution in [-0.4, -0.2) is 52.7 Å². The molecular weight excluding hydrogens is 416 g/mol. The number of likely N-dealkylation sites (N-methyl/N-ethyl adjacent to an activating group) is 1. The van der Waals surface area contributed by atoms with Crippen LogP contribution in [0.1, 0.15) is 21.6 Å². The van der Waals surface area contributed by atoms with Crippen molar-refractivity contribution in [2.24, 2.45) is 0 Å². The standard InChI is InChI=1S/C26H28N4OS/c1-20-9-7-12-22(17-20)30-24(18-23(27-30)25-13-8-16-32-25)26(31)29(15-14-28(2)3)19-21-10-5-4-6-11-21/h4-13,16-18H,14-15,19H2,1-3H3. The summed E-state index contributed by atoms with van der Waals surface area (Å²) in [5.74, 6) is -0.0208. The highest BCUT2D eigenvalue weighted by molar-refractivity contribution is 7.13. The number of rotatable bonds is 8. The summed E-state index contributed by atoms with van der Waals surface area (Å²) in [6.45, 7) is 4.03. The molecule has 6 heteroatoms. The highest BCUT2D eigenvalue weighted by atomic mass is 32.1. The predicted molar refractivity (Wildman–Crippen MR) is 131 cm³/mol. The fourth-order valence-electron chi connectivity index (χ4n) is 3.57. The van der Waals surface area contributed by atoms with Crippen LogP contribution in [0.2, 0.25) is 0 Å². The van der Waals surface area contributed by atoms with Crippen LogP contribution in [0.15, 0.2) is 78.2 Å². The SMILES string of the molecule is Cc1cccc(-n2nc(-c3cccs3)cc2C(=O)N(CCN(C)C)Cc2ccccc2)c1. The van der Waals surface area contributed by atoms with E-state index in [4.69, 9.17) is 5.10 Å². The van der Waals surface area contributed by atoms with Crippen molar-refractivity contribution >= 4 is 17.2 Å². The third-order valence-electron chi connectivity index (χ3n) is 5.27. The Morgan fingerprint density at radius 2 is 1.78 bits per heavy atom. The average Bonchev–Trinajstić information content (AvgIpc) is 3.47. The van der Waals surface area contributed by atoms with Crippen LogP contribution < -0.4 is 0 Å². The summed E-state index contributed by atoms with van der Waals surface area (Å²) in [4.78, 5) is 18.9. The second-order valence-electron chi connectivity index (χ2n) is 8.16. The van der Waals surface area contributed by atoms with Gasteiger partial charge in [0.2, 0.25) is 0 Å². The summed E-state index contributed by atoms with van der Waals surface area (Å²) in [5.41, 5.74) is 4.52. The van der Waals surface area contributed by atoms with Crippen LogP contribution in [-0.2, 0) is 6.54 Å². The third-order valence-corrected chi connectivity index (χ3v) is 6.16. The zero-order valence-corrected chi connectivity index (χ0v) is 19.5. The average molecular weight is 445 g/mol. The summed E-state index contributed by atoms with van der Waals surface area (Å²) in [6, 6.07) is 24.2. The first-order valence-corrected chi connectivity index (χ1v) is 11.6. The highest BCUT2D eigenvalue weighted by Crippen LogP contribution is 2.27. The third kappa shape index (κ3) is 5.15. The van der Waals surface area contributed by atoms with Gasteiger partial charge in [-0.3, -0.25) is 4.79 Å². The Balaban J connectivity index is 1.75. The predicted octanol–water partition coefficient (Wildman–Crippen LogP) is 5.11. The maximum Gasteiger partial charge on any atom is 0.272 e. The smallest absolute Gasteiger partial charge is 0.272 e. The molecule has 2 aromatic heterocycles. The Labute approximate surface area is 193 Å². The fraction of sp³-hybridized carbons (Fsp3) is 0.231. The molecule has 4 rings (SSSR count). The maximum absolute atomic E-state index is 13.9. The van der Waals surface area contributed by atoms with Crippen molar-refractivity contribution in [3.8, 4) is 16.3 Å². The molecular formula is C26H28N4OS. The summed E-state index contributed by atoms with van der Waals surface area (Å²) in [7, 11) is 4.05. The van der Waals surface area contributed by atoms with E-state index >= 15 is 0 Å². The molecule has 2 heterocycles. The van der Waals surface area contributed by atoms with Crippen LogP contribution in [0.4, 0.5) is 0 Å². The maximum atomic E-state index is 13.9. The van der Waals surface area contributed by atoms with Gasteiger partial charge in [0.25, 0.3) is 5.91 Å². The van der Waals surface area contributed by atoms with Gasteiger partial charge < -0.3 is 9.80 Å². The van der Waals surface area contributed by atoms with Crippen molar-refractivity contribution < 1.29 is 4.79 Å². The van der Waals surface area contributed by atoms with E-state index in [-0.39, 0.29) is 5.91 Å². The van der Waals surface area contributed by atoms with Gasteiger partial charge >= 0.3 is 0 Å². The molecule has 0 aliphatic rings. The van der Waals surface area contributed by atoms with E-state index in [1.165, 1.54) is 0 Å². The molecule has 2 aromatic carbocycles. The Hall–Kier alpha value is -3.22. The van der Waals surface area contributed by atoms with Gasteiger partial charge in [-0.1, -0.05) is 48.5 Å². The molecule has 0 radical (unpaired) electrons. The van der Waals surface area contributed by atoms with E-state index in [1.807, 2.05) is 85.9 Å². The zero-order chi connectivity index (χ0) is 22.5. The molecule has 5 nitrogen and oxygen atoms in total. The van der Waals surface area contributed by atoms with Gasteiger partial charge in [-0.05, 0) is 61.8 Å². The van der Waals surface area contributed by atoms with Gasteiger partial charge in [-0.15, -0.1) is 11.3 Å². The summed E-state index contributed by atoms with van der Waals surface area (Å²) in [5, 5.41) is 6.87. The Morgan fingerprint density at radius 1 is 0.969 bits per heavy atom. The molecule has 0 atom stereocenters. The first-order chi connectivity index (χ1) is 15.5. The molecule has 0 bridgehead atoms. The number of nitrogens with zero attached hydrogens (tertiary/aromatic N) is 4. The van der Waals surface area contributed by atoms with Crippen LogP contribution in [0, 0.1) is 6.92 Å². The van der Waals surface area contributed by atoms with Crippen molar-refractivity contribution in [3.05, 3.63) is 95.0 Å². The van der Waals surface area contributed by atoms with E-state index < -0.39 is 0 Å². The lowest BCUT2D eigenvalue weighted by Crippen LogP contribution is -2.37. The molecule has 0 spiro atoms. The lowest BCUT2D eigenvalue weighted by Gasteiger charge is -2.25. The van der Waals surface area contributed by atoms with Crippen molar-refractivity contribution in [2.45, 2.75) is 13.5 Å². The fourth-order valence-corrected chi connectivity index (χ4v) is 4.25. The second-order valence-corrected chi connectivity index (χ2v) is 9.11. The number of carbonyl (C=O) groups excluding carboxylic acids is 1. The van der Waals surface area contributed by atoms with E-state index in [0.717, 1.165) is 33.9 Å². The lowest BCUT2D eigenvalue weighted by molar-refractivity contribution is 0.0722. The largest absolute Gasteiger partial charge is 0.332 e. The van der Waals surface area contributed by atoms with Gasteiger partial charge in [0, 0.05) is 19.6 Å². The number of amides is 1. The van der Waals surface area contributed by atoms with E-state index in [2.05, 4.69) is 23.1 Å². The highest BCUT2D eigenvalue weighted by Gasteiger charge is 2.23. The monoisotopic (exact) mass is 444 g/mol. The molecule has 32 heavy (non-hydrogen) atoms. The number of hydrogen-bond donors (Lipinski definition) is 0. The molecule has 0 aliphatic heterocycles. The molecule has 164 valence electrons. The van der Waals surface area contributed by atoms with Crippen molar-refractivity contribution in [1.29, 1.82) is 0 Å². The van der Waals surface area contributed by atoms with Crippen LogP contribution in [0.3, 0.4) is 0 Å². The molecule has 0 N–H and O–H groups in total.